The van der Waals surface area contributed by atoms with E-state index in [1.54, 1.807) is 0 Å². The molecule has 2 atom stereocenters. The van der Waals surface area contributed by atoms with Crippen LogP contribution >= 0.6 is 12.2 Å². The number of carbonyl (C=O) groups is 1. The van der Waals surface area contributed by atoms with Gasteiger partial charge in [-0.25, -0.2) is 0 Å². The minimum atomic E-state index is -0.147. The van der Waals surface area contributed by atoms with Gasteiger partial charge in [0.15, 0.2) is 0 Å². The van der Waals surface area contributed by atoms with Crippen LogP contribution in [0.3, 0.4) is 0 Å². The topological polar surface area (TPSA) is 58.4 Å². The summed E-state index contributed by atoms with van der Waals surface area (Å²) in [4.78, 5) is 14.8. The molecule has 0 rings (SSSR count). The highest BCUT2D eigenvalue weighted by Crippen LogP contribution is 2.07. The van der Waals surface area contributed by atoms with Crippen LogP contribution in [0, 0.1) is 5.92 Å². The first-order chi connectivity index (χ1) is 8.77. The summed E-state index contributed by atoms with van der Waals surface area (Å²) in [6.07, 6.45) is 1.60. The molecule has 0 aromatic rings. The second-order valence-electron chi connectivity index (χ2n) is 5.60. The molecule has 112 valence electrons. The Morgan fingerprint density at radius 3 is 2.32 bits per heavy atom. The van der Waals surface area contributed by atoms with E-state index < -0.39 is 0 Å². The van der Waals surface area contributed by atoms with Crippen molar-refractivity contribution in [2.45, 2.75) is 59.5 Å². The Balaban J connectivity index is 4.54. The Morgan fingerprint density at radius 2 is 1.89 bits per heavy atom. The molecule has 0 heterocycles. The molecule has 19 heavy (non-hydrogen) atoms. The summed E-state index contributed by atoms with van der Waals surface area (Å²) in [5, 5.41) is 3.03. The van der Waals surface area contributed by atoms with Gasteiger partial charge in [0, 0.05) is 25.6 Å². The number of rotatable bonds is 9. The van der Waals surface area contributed by atoms with Crippen LogP contribution in [0.5, 0.6) is 0 Å². The molecule has 0 aliphatic carbocycles. The van der Waals surface area contributed by atoms with Crippen LogP contribution in [0.4, 0.5) is 0 Å². The first kappa shape index (κ1) is 18.3. The molecule has 0 radical (unpaired) electrons. The standard InChI is InChI=1S/C14H29N3OS/c1-6-11(4)16-14(18)12(5)17(9-10(2)3)8-7-13(15)19/h10-12H,6-9H2,1-5H3,(H2,15,19)(H,16,18). The maximum atomic E-state index is 12.2. The van der Waals surface area contributed by atoms with Crippen molar-refractivity contribution in [3.63, 3.8) is 0 Å². The van der Waals surface area contributed by atoms with Crippen molar-refractivity contribution in [1.82, 2.24) is 10.2 Å². The summed E-state index contributed by atoms with van der Waals surface area (Å²) in [6.45, 7) is 11.9. The lowest BCUT2D eigenvalue weighted by molar-refractivity contribution is -0.126. The maximum Gasteiger partial charge on any atom is 0.237 e. The number of amides is 1. The van der Waals surface area contributed by atoms with Crippen LogP contribution < -0.4 is 11.1 Å². The lowest BCUT2D eigenvalue weighted by atomic mass is 10.1. The largest absolute Gasteiger partial charge is 0.393 e. The minimum absolute atomic E-state index is 0.0814. The molecule has 0 aliphatic heterocycles. The SMILES string of the molecule is CCC(C)NC(=O)C(C)N(CCC(N)=S)CC(C)C. The van der Waals surface area contributed by atoms with Crippen molar-refractivity contribution in [2.75, 3.05) is 13.1 Å². The van der Waals surface area contributed by atoms with Crippen LogP contribution in [0.25, 0.3) is 0 Å². The van der Waals surface area contributed by atoms with Gasteiger partial charge in [-0.1, -0.05) is 33.0 Å². The summed E-state index contributed by atoms with van der Waals surface area (Å²) in [5.74, 6) is 0.586. The molecular weight excluding hydrogens is 258 g/mol. The summed E-state index contributed by atoms with van der Waals surface area (Å²) in [6, 6.07) is 0.0668. The quantitative estimate of drug-likeness (QED) is 0.636. The van der Waals surface area contributed by atoms with Gasteiger partial charge >= 0.3 is 0 Å². The van der Waals surface area contributed by atoms with Crippen LogP contribution in [-0.4, -0.2) is 41.0 Å². The summed E-state index contributed by atoms with van der Waals surface area (Å²) < 4.78 is 0. The third-order valence-corrected chi connectivity index (χ3v) is 3.38. The lowest BCUT2D eigenvalue weighted by Gasteiger charge is -2.30. The molecule has 0 saturated carbocycles. The Bertz CT molecular complexity index is 294. The van der Waals surface area contributed by atoms with Gasteiger partial charge in [-0.05, 0) is 26.2 Å². The van der Waals surface area contributed by atoms with Gasteiger partial charge < -0.3 is 11.1 Å². The maximum absolute atomic E-state index is 12.2. The normalized spacial score (nSPS) is 14.5. The highest BCUT2D eigenvalue weighted by Gasteiger charge is 2.22. The van der Waals surface area contributed by atoms with Crippen molar-refractivity contribution in [3.05, 3.63) is 0 Å². The number of carbonyl (C=O) groups excluding carboxylic acids is 1. The zero-order valence-corrected chi connectivity index (χ0v) is 13.7. The fraction of sp³-hybridized carbons (Fsp3) is 0.857. The van der Waals surface area contributed by atoms with E-state index in [4.69, 9.17) is 18.0 Å². The smallest absolute Gasteiger partial charge is 0.237 e. The number of hydrogen-bond acceptors (Lipinski definition) is 3. The fourth-order valence-corrected chi connectivity index (χ4v) is 1.89. The van der Waals surface area contributed by atoms with Crippen molar-refractivity contribution in [3.8, 4) is 0 Å². The van der Waals surface area contributed by atoms with Crippen molar-refractivity contribution < 1.29 is 4.79 Å². The van der Waals surface area contributed by atoms with Crippen LogP contribution in [0.2, 0.25) is 0 Å². The molecule has 5 heteroatoms. The third-order valence-electron chi connectivity index (χ3n) is 3.17. The number of thiocarbonyl (C=S) groups is 1. The first-order valence-electron chi connectivity index (χ1n) is 7.10. The Hall–Kier alpha value is -0.680. The van der Waals surface area contributed by atoms with Gasteiger partial charge in [0.2, 0.25) is 5.91 Å². The van der Waals surface area contributed by atoms with E-state index in [1.807, 2.05) is 13.8 Å². The number of nitrogens with two attached hydrogens (primary N) is 1. The summed E-state index contributed by atoms with van der Waals surface area (Å²) in [5.41, 5.74) is 5.55. The van der Waals surface area contributed by atoms with Crippen molar-refractivity contribution in [2.24, 2.45) is 11.7 Å². The third kappa shape index (κ3) is 8.16. The highest BCUT2D eigenvalue weighted by molar-refractivity contribution is 7.80. The molecule has 2 unspecified atom stereocenters. The van der Waals surface area contributed by atoms with Gasteiger partial charge in [-0.2, -0.15) is 0 Å². The van der Waals surface area contributed by atoms with Crippen molar-refractivity contribution in [1.29, 1.82) is 0 Å². The van der Waals surface area contributed by atoms with Gasteiger partial charge in [0.1, 0.15) is 0 Å². The zero-order valence-electron chi connectivity index (χ0n) is 12.9. The first-order valence-corrected chi connectivity index (χ1v) is 7.51. The number of hydrogen-bond donors (Lipinski definition) is 2. The molecule has 0 aromatic heterocycles. The fourth-order valence-electron chi connectivity index (χ4n) is 1.80. The molecule has 4 nitrogen and oxygen atoms in total. The van der Waals surface area contributed by atoms with E-state index in [0.717, 1.165) is 19.5 Å². The van der Waals surface area contributed by atoms with E-state index >= 15 is 0 Å². The number of nitrogens with one attached hydrogen (secondary N) is 1. The molecule has 0 spiro atoms. The molecule has 0 bridgehead atoms. The molecule has 0 aromatic carbocycles. The van der Waals surface area contributed by atoms with E-state index in [-0.39, 0.29) is 18.0 Å². The van der Waals surface area contributed by atoms with E-state index in [2.05, 4.69) is 31.0 Å². The zero-order chi connectivity index (χ0) is 15.0. The Kier molecular flexibility index (Phi) is 8.93. The summed E-state index contributed by atoms with van der Waals surface area (Å²) in [7, 11) is 0. The minimum Gasteiger partial charge on any atom is -0.393 e. The van der Waals surface area contributed by atoms with Gasteiger partial charge in [-0.15, -0.1) is 0 Å². The Labute approximate surface area is 123 Å². The molecule has 0 fully saturated rings. The second kappa shape index (κ2) is 9.26. The monoisotopic (exact) mass is 287 g/mol. The molecule has 1 amide bonds. The highest BCUT2D eigenvalue weighted by atomic mass is 32.1. The summed E-state index contributed by atoms with van der Waals surface area (Å²) >= 11 is 4.92. The van der Waals surface area contributed by atoms with Gasteiger partial charge in [0.25, 0.3) is 0 Å². The average Bonchev–Trinajstić information content (AvgIpc) is 2.32. The average molecular weight is 287 g/mol. The molecule has 0 aliphatic rings. The van der Waals surface area contributed by atoms with Crippen LogP contribution in [-0.2, 0) is 4.79 Å². The van der Waals surface area contributed by atoms with Gasteiger partial charge in [-0.3, -0.25) is 9.69 Å². The molecular formula is C14H29N3OS. The van der Waals surface area contributed by atoms with Crippen LogP contribution in [0.15, 0.2) is 0 Å². The lowest BCUT2D eigenvalue weighted by Crippen LogP contribution is -2.49. The molecule has 0 saturated heterocycles. The van der Waals surface area contributed by atoms with E-state index in [9.17, 15) is 4.79 Å². The van der Waals surface area contributed by atoms with Crippen molar-refractivity contribution >= 4 is 23.1 Å². The van der Waals surface area contributed by atoms with E-state index in [1.165, 1.54) is 0 Å². The van der Waals surface area contributed by atoms with Gasteiger partial charge in [0.05, 0.1) is 11.0 Å². The predicted octanol–water partition coefficient (Wildman–Crippen LogP) is 1.92. The second-order valence-corrected chi connectivity index (χ2v) is 6.12. The Morgan fingerprint density at radius 1 is 1.32 bits per heavy atom. The molecule has 3 N–H and O–H groups in total. The van der Waals surface area contributed by atoms with Crippen LogP contribution in [0.1, 0.15) is 47.5 Å². The number of nitrogens with zero attached hydrogens (tertiary/aromatic N) is 1. The predicted molar refractivity (Wildman–Crippen MR) is 85.2 cm³/mol. The van der Waals surface area contributed by atoms with E-state index in [0.29, 0.717) is 17.3 Å².